The van der Waals surface area contributed by atoms with Crippen LogP contribution in [-0.4, -0.2) is 18.4 Å². The summed E-state index contributed by atoms with van der Waals surface area (Å²) in [6.45, 7) is 6.42. The molecule has 0 radical (unpaired) electrons. The number of ether oxygens (including phenoxy) is 1. The normalized spacial score (nSPS) is 11.6. The van der Waals surface area contributed by atoms with Crippen molar-refractivity contribution in [1.82, 2.24) is 0 Å². The Morgan fingerprint density at radius 2 is 1.85 bits per heavy atom. The Kier molecular flexibility index (Phi) is 6.71. The molecule has 3 nitrogen and oxygen atoms in total. The molecule has 0 aliphatic carbocycles. The van der Waals surface area contributed by atoms with Gasteiger partial charge in [0.05, 0.1) is 6.61 Å². The molecule has 0 bridgehead atoms. The molecule has 1 aromatic carbocycles. The molecule has 0 aliphatic heterocycles. The molecule has 0 N–H and O–H groups in total. The van der Waals surface area contributed by atoms with E-state index in [0.29, 0.717) is 5.56 Å². The van der Waals surface area contributed by atoms with E-state index >= 15 is 0 Å². The summed E-state index contributed by atoms with van der Waals surface area (Å²) in [5.74, 6) is -1.11. The predicted molar refractivity (Wildman–Crippen MR) is 79.6 cm³/mol. The van der Waals surface area contributed by atoms with E-state index in [4.69, 9.17) is 4.74 Å². The molecule has 1 rings (SSSR count). The maximum atomic E-state index is 11.8. The minimum atomic E-state index is -0.773. The van der Waals surface area contributed by atoms with Gasteiger partial charge in [0.15, 0.2) is 0 Å². The van der Waals surface area contributed by atoms with Gasteiger partial charge in [-0.05, 0) is 32.6 Å². The van der Waals surface area contributed by atoms with Crippen molar-refractivity contribution in [3.63, 3.8) is 0 Å². The van der Waals surface area contributed by atoms with Crippen LogP contribution in [0.4, 0.5) is 0 Å². The number of carbonyl (C=O) groups excluding carboxylic acids is 2. The standard InChI is InChI=1S/C17H22O3/c1-13(2)8-7-9-14(3)12-20-17(19)16(18)15-10-5-4-6-11-15/h4-6,8,10-11,14H,7,9,12H2,1-3H3. The highest BCUT2D eigenvalue weighted by atomic mass is 16.5. The van der Waals surface area contributed by atoms with Crippen LogP contribution in [-0.2, 0) is 9.53 Å². The molecular formula is C17H22O3. The molecule has 0 saturated heterocycles. The first-order valence-electron chi connectivity index (χ1n) is 6.90. The Labute approximate surface area is 120 Å². The number of benzene rings is 1. The van der Waals surface area contributed by atoms with E-state index in [1.165, 1.54) is 5.57 Å². The Morgan fingerprint density at radius 3 is 2.45 bits per heavy atom. The van der Waals surface area contributed by atoms with Crippen LogP contribution in [0.3, 0.4) is 0 Å². The lowest BCUT2D eigenvalue weighted by Gasteiger charge is -2.10. The number of hydrogen-bond donors (Lipinski definition) is 0. The van der Waals surface area contributed by atoms with Crippen molar-refractivity contribution in [3.8, 4) is 0 Å². The van der Waals surface area contributed by atoms with Crippen LogP contribution >= 0.6 is 0 Å². The number of ketones is 1. The van der Waals surface area contributed by atoms with E-state index in [-0.39, 0.29) is 12.5 Å². The first-order chi connectivity index (χ1) is 9.50. The first kappa shape index (κ1) is 16.2. The molecule has 1 aromatic rings. The van der Waals surface area contributed by atoms with E-state index < -0.39 is 11.8 Å². The molecule has 1 atom stereocenters. The third-order valence-electron chi connectivity index (χ3n) is 2.93. The number of Topliss-reactive ketones (excluding diaryl/α,β-unsaturated/α-hetero) is 1. The van der Waals surface area contributed by atoms with Gasteiger partial charge in [-0.1, -0.05) is 48.9 Å². The van der Waals surface area contributed by atoms with Gasteiger partial charge in [0.2, 0.25) is 0 Å². The van der Waals surface area contributed by atoms with Crippen LogP contribution in [0.5, 0.6) is 0 Å². The Bertz CT molecular complexity index is 470. The van der Waals surface area contributed by atoms with Gasteiger partial charge in [-0.15, -0.1) is 0 Å². The smallest absolute Gasteiger partial charge is 0.379 e. The topological polar surface area (TPSA) is 43.4 Å². The number of rotatable bonds is 7. The Hall–Kier alpha value is -1.90. The largest absolute Gasteiger partial charge is 0.459 e. The minimum absolute atomic E-state index is 0.248. The van der Waals surface area contributed by atoms with Crippen molar-refractivity contribution in [2.45, 2.75) is 33.6 Å². The molecule has 0 aromatic heterocycles. The maximum absolute atomic E-state index is 11.8. The summed E-state index contributed by atoms with van der Waals surface area (Å²) in [6.07, 6.45) is 4.07. The average molecular weight is 274 g/mol. The van der Waals surface area contributed by atoms with Gasteiger partial charge in [0.25, 0.3) is 5.78 Å². The van der Waals surface area contributed by atoms with Crippen LogP contribution < -0.4 is 0 Å². The monoisotopic (exact) mass is 274 g/mol. The van der Waals surface area contributed by atoms with Crippen molar-refractivity contribution in [3.05, 3.63) is 47.5 Å². The Morgan fingerprint density at radius 1 is 1.20 bits per heavy atom. The zero-order valence-corrected chi connectivity index (χ0v) is 12.4. The van der Waals surface area contributed by atoms with Crippen molar-refractivity contribution in [2.24, 2.45) is 5.92 Å². The zero-order chi connectivity index (χ0) is 15.0. The number of esters is 1. The average Bonchev–Trinajstić information content (AvgIpc) is 2.44. The molecule has 3 heteroatoms. The quantitative estimate of drug-likeness (QED) is 0.329. The van der Waals surface area contributed by atoms with Crippen molar-refractivity contribution >= 4 is 11.8 Å². The highest BCUT2D eigenvalue weighted by Crippen LogP contribution is 2.09. The third-order valence-corrected chi connectivity index (χ3v) is 2.93. The van der Waals surface area contributed by atoms with Crippen molar-refractivity contribution in [1.29, 1.82) is 0 Å². The summed E-state index contributed by atoms with van der Waals surface area (Å²) in [6, 6.07) is 8.47. The molecule has 0 heterocycles. The SMILES string of the molecule is CC(C)=CCCC(C)COC(=O)C(=O)c1ccccc1. The molecule has 1 unspecified atom stereocenters. The first-order valence-corrected chi connectivity index (χ1v) is 6.90. The second-order valence-electron chi connectivity index (χ2n) is 5.26. The predicted octanol–water partition coefficient (Wildman–Crippen LogP) is 3.80. The van der Waals surface area contributed by atoms with E-state index in [1.807, 2.05) is 6.92 Å². The van der Waals surface area contributed by atoms with E-state index in [9.17, 15) is 9.59 Å². The van der Waals surface area contributed by atoms with Crippen LogP contribution in [0.15, 0.2) is 42.0 Å². The summed E-state index contributed by atoms with van der Waals surface area (Å²) in [5, 5.41) is 0. The highest BCUT2D eigenvalue weighted by Gasteiger charge is 2.18. The minimum Gasteiger partial charge on any atom is -0.459 e. The van der Waals surface area contributed by atoms with Gasteiger partial charge in [-0.3, -0.25) is 4.79 Å². The van der Waals surface area contributed by atoms with E-state index in [0.717, 1.165) is 12.8 Å². The fourth-order valence-corrected chi connectivity index (χ4v) is 1.73. The summed E-state index contributed by atoms with van der Waals surface area (Å²) in [5.41, 5.74) is 1.66. The van der Waals surface area contributed by atoms with Gasteiger partial charge < -0.3 is 4.74 Å². The molecule has 0 spiro atoms. The second-order valence-corrected chi connectivity index (χ2v) is 5.26. The van der Waals surface area contributed by atoms with Gasteiger partial charge >= 0.3 is 5.97 Å². The molecule has 0 amide bonds. The zero-order valence-electron chi connectivity index (χ0n) is 12.4. The van der Waals surface area contributed by atoms with Gasteiger partial charge in [0.1, 0.15) is 0 Å². The van der Waals surface area contributed by atoms with Gasteiger partial charge in [0, 0.05) is 5.56 Å². The Balaban J connectivity index is 2.36. The summed E-state index contributed by atoms with van der Waals surface area (Å²) >= 11 is 0. The molecule has 0 fully saturated rings. The van der Waals surface area contributed by atoms with E-state index in [1.54, 1.807) is 30.3 Å². The lowest BCUT2D eigenvalue weighted by Crippen LogP contribution is -2.20. The number of hydrogen-bond acceptors (Lipinski definition) is 3. The molecular weight excluding hydrogens is 252 g/mol. The highest BCUT2D eigenvalue weighted by molar-refractivity contribution is 6.40. The van der Waals surface area contributed by atoms with Crippen LogP contribution in [0.1, 0.15) is 44.0 Å². The number of allylic oxidation sites excluding steroid dienone is 2. The van der Waals surface area contributed by atoms with Crippen LogP contribution in [0.2, 0.25) is 0 Å². The molecule has 0 saturated carbocycles. The molecule has 108 valence electrons. The molecule has 20 heavy (non-hydrogen) atoms. The van der Waals surface area contributed by atoms with Crippen molar-refractivity contribution in [2.75, 3.05) is 6.61 Å². The fraction of sp³-hybridized carbons (Fsp3) is 0.412. The lowest BCUT2D eigenvalue weighted by atomic mass is 10.1. The van der Waals surface area contributed by atoms with Crippen LogP contribution in [0.25, 0.3) is 0 Å². The fourth-order valence-electron chi connectivity index (χ4n) is 1.73. The van der Waals surface area contributed by atoms with Gasteiger partial charge in [-0.2, -0.15) is 0 Å². The van der Waals surface area contributed by atoms with E-state index in [2.05, 4.69) is 19.9 Å². The maximum Gasteiger partial charge on any atom is 0.379 e. The molecule has 0 aliphatic rings. The summed E-state index contributed by atoms with van der Waals surface area (Å²) in [4.78, 5) is 23.4. The van der Waals surface area contributed by atoms with Crippen molar-refractivity contribution < 1.29 is 14.3 Å². The number of carbonyl (C=O) groups is 2. The third kappa shape index (κ3) is 5.83. The van der Waals surface area contributed by atoms with Gasteiger partial charge in [-0.25, -0.2) is 4.79 Å². The van der Waals surface area contributed by atoms with Crippen LogP contribution in [0, 0.1) is 5.92 Å². The second kappa shape index (κ2) is 8.31. The lowest BCUT2D eigenvalue weighted by molar-refractivity contribution is -0.139. The summed E-state index contributed by atoms with van der Waals surface area (Å²) < 4.78 is 5.07. The summed E-state index contributed by atoms with van der Waals surface area (Å²) in [7, 11) is 0.